The van der Waals surface area contributed by atoms with Gasteiger partial charge in [0.05, 0.1) is 17.9 Å². The summed E-state index contributed by atoms with van der Waals surface area (Å²) in [7, 11) is 0. The van der Waals surface area contributed by atoms with Gasteiger partial charge < -0.3 is 15.0 Å². The Labute approximate surface area is 223 Å². The van der Waals surface area contributed by atoms with Gasteiger partial charge in [0.25, 0.3) is 0 Å². The molecule has 3 aliphatic rings. The molecule has 2 aromatic rings. The molecule has 3 fully saturated rings. The first-order valence-corrected chi connectivity index (χ1v) is 14.0. The summed E-state index contributed by atoms with van der Waals surface area (Å²) in [5.41, 5.74) is 1.62. The molecule has 2 atom stereocenters. The van der Waals surface area contributed by atoms with Crippen LogP contribution in [0.4, 0.5) is 10.1 Å². The average molecular weight is 521 g/mol. The number of hydrogen-bond donors (Lipinski definition) is 1. The number of rotatable bonds is 7. The Bertz CT molecular complexity index is 1170. The largest absolute Gasteiger partial charge is 0.466 e. The van der Waals surface area contributed by atoms with Gasteiger partial charge in [0, 0.05) is 30.3 Å². The van der Waals surface area contributed by atoms with Gasteiger partial charge in [0.2, 0.25) is 11.8 Å². The van der Waals surface area contributed by atoms with Crippen LogP contribution in [-0.2, 0) is 24.5 Å². The fourth-order valence-corrected chi connectivity index (χ4v) is 6.26. The second-order valence-corrected chi connectivity index (χ2v) is 11.1. The third-order valence-electron chi connectivity index (χ3n) is 8.66. The molecule has 38 heavy (non-hydrogen) atoms. The normalized spacial score (nSPS) is 22.9. The van der Waals surface area contributed by atoms with Crippen molar-refractivity contribution in [2.45, 2.75) is 69.6 Å². The van der Waals surface area contributed by atoms with Crippen molar-refractivity contribution in [3.63, 3.8) is 0 Å². The van der Waals surface area contributed by atoms with Gasteiger partial charge in [-0.25, -0.2) is 4.39 Å². The molecule has 0 unspecified atom stereocenters. The number of piperidine rings is 1. The molecule has 0 bridgehead atoms. The van der Waals surface area contributed by atoms with E-state index in [1.807, 2.05) is 36.1 Å². The molecule has 2 saturated carbocycles. The van der Waals surface area contributed by atoms with Gasteiger partial charge in [-0.05, 0) is 81.5 Å². The Balaban J connectivity index is 1.13. The van der Waals surface area contributed by atoms with E-state index < -0.39 is 5.41 Å². The molecule has 5 rings (SSSR count). The number of benzene rings is 2. The second-order valence-electron chi connectivity index (χ2n) is 11.1. The summed E-state index contributed by atoms with van der Waals surface area (Å²) < 4.78 is 19.5. The Morgan fingerprint density at radius 3 is 2.32 bits per heavy atom. The lowest BCUT2D eigenvalue weighted by Crippen LogP contribution is -2.43. The van der Waals surface area contributed by atoms with Crippen LogP contribution in [0, 0.1) is 17.7 Å². The summed E-state index contributed by atoms with van der Waals surface area (Å²) >= 11 is 0. The van der Waals surface area contributed by atoms with Gasteiger partial charge in [-0.3, -0.25) is 14.4 Å². The molecular formula is C31H37FN2O4. The minimum atomic E-state index is -0.766. The zero-order chi connectivity index (χ0) is 26.7. The van der Waals surface area contributed by atoms with E-state index in [1.165, 1.54) is 11.6 Å². The van der Waals surface area contributed by atoms with Gasteiger partial charge in [0.1, 0.15) is 5.82 Å². The lowest BCUT2D eigenvalue weighted by Gasteiger charge is -2.36. The predicted octanol–water partition coefficient (Wildman–Crippen LogP) is 5.57. The van der Waals surface area contributed by atoms with Gasteiger partial charge in [-0.2, -0.15) is 0 Å². The molecule has 202 valence electrons. The lowest BCUT2D eigenvalue weighted by molar-refractivity contribution is -0.151. The number of esters is 1. The average Bonchev–Trinajstić information content (AvgIpc) is 3.76. The number of carbonyl (C=O) groups excluding carboxylic acids is 3. The number of nitrogens with one attached hydrogen (secondary N) is 1. The van der Waals surface area contributed by atoms with Gasteiger partial charge in [-0.1, -0.05) is 36.8 Å². The van der Waals surface area contributed by atoms with E-state index in [2.05, 4.69) is 5.32 Å². The van der Waals surface area contributed by atoms with Crippen LogP contribution in [0.3, 0.4) is 0 Å². The zero-order valence-electron chi connectivity index (χ0n) is 22.1. The molecule has 2 aromatic carbocycles. The smallest absolute Gasteiger partial charge is 0.308 e. The van der Waals surface area contributed by atoms with Crippen LogP contribution in [-0.4, -0.2) is 42.4 Å². The third kappa shape index (κ3) is 5.47. The minimum Gasteiger partial charge on any atom is -0.466 e. The standard InChI is InChI=1S/C31H37FN2O4/c1-2-38-29(36)24-7-5-6-23(20-24)28(35)34-18-14-22(15-19-34)21-10-12-25(13-11-21)33-30(37)31(16-17-31)26-8-3-4-9-27(26)32/h3-4,8-13,22-24H,2,5-7,14-20H2,1H3,(H,33,37)/t23-,24+/m0/s1. The summed E-state index contributed by atoms with van der Waals surface area (Å²) in [5, 5.41) is 2.99. The van der Waals surface area contributed by atoms with Crippen LogP contribution in [0.15, 0.2) is 48.5 Å². The first kappa shape index (κ1) is 26.4. The highest BCUT2D eigenvalue weighted by atomic mass is 19.1. The highest BCUT2D eigenvalue weighted by Crippen LogP contribution is 2.49. The second kappa shape index (κ2) is 11.3. The number of nitrogens with zero attached hydrogens (tertiary/aromatic N) is 1. The van der Waals surface area contributed by atoms with E-state index >= 15 is 0 Å². The van der Waals surface area contributed by atoms with E-state index in [1.54, 1.807) is 18.2 Å². The van der Waals surface area contributed by atoms with Gasteiger partial charge in [0.15, 0.2) is 0 Å². The molecule has 2 aliphatic carbocycles. The van der Waals surface area contributed by atoms with Crippen molar-refractivity contribution >= 4 is 23.5 Å². The van der Waals surface area contributed by atoms with Gasteiger partial charge >= 0.3 is 5.97 Å². The van der Waals surface area contributed by atoms with Crippen molar-refractivity contribution in [1.82, 2.24) is 4.90 Å². The number of hydrogen-bond acceptors (Lipinski definition) is 4. The van der Waals surface area contributed by atoms with Crippen molar-refractivity contribution in [3.8, 4) is 0 Å². The van der Waals surface area contributed by atoms with Crippen molar-refractivity contribution in [2.24, 2.45) is 11.8 Å². The molecular weight excluding hydrogens is 483 g/mol. The monoisotopic (exact) mass is 520 g/mol. The van der Waals surface area contributed by atoms with E-state index in [-0.39, 0.29) is 35.4 Å². The first-order chi connectivity index (χ1) is 18.4. The number of anilines is 1. The fourth-order valence-electron chi connectivity index (χ4n) is 6.26. The van der Waals surface area contributed by atoms with Crippen molar-refractivity contribution < 1.29 is 23.5 Å². The molecule has 0 spiro atoms. The Morgan fingerprint density at radius 1 is 0.974 bits per heavy atom. The van der Waals surface area contributed by atoms with E-state index in [0.29, 0.717) is 56.1 Å². The number of ether oxygens (including phenoxy) is 1. The summed E-state index contributed by atoms with van der Waals surface area (Å²) in [6, 6.07) is 14.5. The van der Waals surface area contributed by atoms with Crippen molar-refractivity contribution in [3.05, 3.63) is 65.5 Å². The van der Waals surface area contributed by atoms with Crippen LogP contribution >= 0.6 is 0 Å². The number of amides is 2. The molecule has 2 amide bonds. The molecule has 1 N–H and O–H groups in total. The molecule has 1 aliphatic heterocycles. The SMILES string of the molecule is CCOC(=O)[C@@H]1CCC[C@H](C(=O)N2CCC(c3ccc(NC(=O)C4(c5ccccc5F)CC4)cc3)CC2)C1. The highest BCUT2D eigenvalue weighted by molar-refractivity contribution is 6.01. The minimum absolute atomic E-state index is 0.0864. The maximum absolute atomic E-state index is 14.3. The Morgan fingerprint density at radius 2 is 1.66 bits per heavy atom. The maximum atomic E-state index is 14.3. The Hall–Kier alpha value is -3.22. The maximum Gasteiger partial charge on any atom is 0.308 e. The molecule has 1 heterocycles. The molecule has 1 saturated heterocycles. The van der Waals surface area contributed by atoms with Gasteiger partial charge in [-0.15, -0.1) is 0 Å². The van der Waals surface area contributed by atoms with Crippen LogP contribution < -0.4 is 5.32 Å². The van der Waals surface area contributed by atoms with Crippen LogP contribution in [0.25, 0.3) is 0 Å². The van der Waals surface area contributed by atoms with E-state index in [9.17, 15) is 18.8 Å². The molecule has 7 heteroatoms. The summed E-state index contributed by atoms with van der Waals surface area (Å²) in [5.74, 6) is -0.358. The van der Waals surface area contributed by atoms with Crippen LogP contribution in [0.5, 0.6) is 0 Å². The molecule has 6 nitrogen and oxygen atoms in total. The van der Waals surface area contributed by atoms with Crippen LogP contribution in [0.1, 0.15) is 75.3 Å². The Kier molecular flexibility index (Phi) is 7.82. The zero-order valence-corrected chi connectivity index (χ0v) is 22.1. The number of likely N-dealkylation sites (tertiary alicyclic amines) is 1. The molecule has 0 aromatic heterocycles. The van der Waals surface area contributed by atoms with Crippen LogP contribution in [0.2, 0.25) is 0 Å². The first-order valence-electron chi connectivity index (χ1n) is 14.0. The fraction of sp³-hybridized carbons (Fsp3) is 0.516. The summed E-state index contributed by atoms with van der Waals surface area (Å²) in [6.07, 6.45) is 6.23. The summed E-state index contributed by atoms with van der Waals surface area (Å²) in [6.45, 7) is 3.62. The topological polar surface area (TPSA) is 75.7 Å². The van der Waals surface area contributed by atoms with Crippen molar-refractivity contribution in [1.29, 1.82) is 0 Å². The highest BCUT2D eigenvalue weighted by Gasteiger charge is 2.52. The summed E-state index contributed by atoms with van der Waals surface area (Å²) in [4.78, 5) is 40.3. The van der Waals surface area contributed by atoms with E-state index in [4.69, 9.17) is 4.74 Å². The quantitative estimate of drug-likeness (QED) is 0.484. The lowest BCUT2D eigenvalue weighted by atomic mass is 9.80. The number of halogens is 1. The third-order valence-corrected chi connectivity index (χ3v) is 8.66. The van der Waals surface area contributed by atoms with Crippen molar-refractivity contribution in [2.75, 3.05) is 25.0 Å². The number of carbonyl (C=O) groups is 3. The van der Waals surface area contributed by atoms with E-state index in [0.717, 1.165) is 32.1 Å². The molecule has 0 radical (unpaired) electrons. The predicted molar refractivity (Wildman–Crippen MR) is 143 cm³/mol.